The molecule has 0 saturated carbocycles. The van der Waals surface area contributed by atoms with Gasteiger partial charge in [0.25, 0.3) is 10.0 Å². The molecule has 0 amide bonds. The Morgan fingerprint density at radius 1 is 1.47 bits per heavy atom. The highest BCUT2D eigenvalue weighted by atomic mass is 35.5. The Balaban J connectivity index is 2.33. The lowest BCUT2D eigenvalue weighted by Crippen LogP contribution is -2.14. The molecule has 0 fully saturated rings. The number of anilines is 1. The second-order valence-electron chi connectivity index (χ2n) is 3.78. The summed E-state index contributed by atoms with van der Waals surface area (Å²) >= 11 is 5.80. The Hall–Kier alpha value is -1.60. The summed E-state index contributed by atoms with van der Waals surface area (Å²) in [6, 6.07) is 3.43. The number of aryl methyl sites for hydroxylation is 1. The Morgan fingerprint density at radius 2 is 2.21 bits per heavy atom. The van der Waals surface area contributed by atoms with Crippen LogP contribution in [-0.2, 0) is 16.4 Å². The lowest BCUT2D eigenvalue weighted by molar-refractivity contribution is 0.598. The van der Waals surface area contributed by atoms with Crippen molar-refractivity contribution in [3.8, 4) is 0 Å². The summed E-state index contributed by atoms with van der Waals surface area (Å²) in [6.45, 7) is 1.84. The number of benzene rings is 1. The Bertz CT molecular complexity index is 700. The highest BCUT2D eigenvalue weighted by molar-refractivity contribution is 7.92. The van der Waals surface area contributed by atoms with Crippen LogP contribution < -0.4 is 4.72 Å². The smallest absolute Gasteiger partial charge is 0.279 e. The summed E-state index contributed by atoms with van der Waals surface area (Å²) in [7, 11) is -3.86. The monoisotopic (exact) mass is 303 g/mol. The fourth-order valence-corrected chi connectivity index (χ4v) is 2.67. The van der Waals surface area contributed by atoms with Crippen molar-refractivity contribution in [2.24, 2.45) is 0 Å². The second-order valence-corrected chi connectivity index (χ2v) is 5.84. The van der Waals surface area contributed by atoms with E-state index < -0.39 is 15.8 Å². The van der Waals surface area contributed by atoms with E-state index in [9.17, 15) is 12.8 Å². The zero-order valence-corrected chi connectivity index (χ0v) is 11.5. The summed E-state index contributed by atoms with van der Waals surface area (Å²) in [5.74, 6) is -0.0355. The molecule has 0 bridgehead atoms. The molecule has 1 aromatic carbocycles. The summed E-state index contributed by atoms with van der Waals surface area (Å²) in [5.41, 5.74) is -0.0192. The molecular weight excluding hydrogens is 293 g/mol. The van der Waals surface area contributed by atoms with Gasteiger partial charge in [0.1, 0.15) is 11.6 Å². The number of aromatic nitrogens is 2. The molecule has 2 aromatic rings. The van der Waals surface area contributed by atoms with E-state index in [1.165, 1.54) is 12.3 Å². The number of imidazole rings is 1. The third-order valence-electron chi connectivity index (χ3n) is 2.40. The number of aromatic amines is 1. The lowest BCUT2D eigenvalue weighted by atomic mass is 10.3. The number of hydrogen-bond acceptors (Lipinski definition) is 3. The molecule has 8 heteroatoms. The molecule has 0 radical (unpaired) electrons. The maximum atomic E-state index is 13.1. The Morgan fingerprint density at radius 3 is 2.84 bits per heavy atom. The van der Waals surface area contributed by atoms with Gasteiger partial charge in [-0.2, -0.15) is 8.42 Å². The lowest BCUT2D eigenvalue weighted by Gasteiger charge is -2.07. The zero-order valence-electron chi connectivity index (χ0n) is 9.94. The first kappa shape index (κ1) is 13.8. The molecule has 2 N–H and O–H groups in total. The maximum absolute atomic E-state index is 13.1. The summed E-state index contributed by atoms with van der Waals surface area (Å²) < 4.78 is 39.3. The van der Waals surface area contributed by atoms with Crippen LogP contribution in [0.25, 0.3) is 0 Å². The van der Waals surface area contributed by atoms with Gasteiger partial charge in [-0.15, -0.1) is 0 Å². The average molecular weight is 304 g/mol. The van der Waals surface area contributed by atoms with Gasteiger partial charge in [0, 0.05) is 6.42 Å². The Kier molecular flexibility index (Phi) is 3.77. The van der Waals surface area contributed by atoms with E-state index in [1.54, 1.807) is 0 Å². The first-order valence-electron chi connectivity index (χ1n) is 5.44. The van der Waals surface area contributed by atoms with E-state index in [2.05, 4.69) is 14.7 Å². The van der Waals surface area contributed by atoms with E-state index in [-0.39, 0.29) is 15.7 Å². The second kappa shape index (κ2) is 5.18. The van der Waals surface area contributed by atoms with E-state index in [0.717, 1.165) is 12.1 Å². The van der Waals surface area contributed by atoms with Crippen molar-refractivity contribution < 1.29 is 12.8 Å². The van der Waals surface area contributed by atoms with E-state index >= 15 is 0 Å². The minimum atomic E-state index is -3.86. The Labute approximate surface area is 114 Å². The first-order chi connectivity index (χ1) is 8.92. The number of H-pyrrole nitrogens is 1. The molecule has 0 atom stereocenters. The van der Waals surface area contributed by atoms with Gasteiger partial charge in [-0.25, -0.2) is 9.37 Å². The van der Waals surface area contributed by atoms with Crippen LogP contribution in [-0.4, -0.2) is 18.4 Å². The standard InChI is InChI=1S/C11H11ClFN3O2S/c1-2-10-14-6-11(15-10)19(17,18)16-9-5-7(13)3-4-8(9)12/h3-6,16H,2H2,1H3,(H,14,15). The zero-order chi connectivity index (χ0) is 14.0. The SMILES string of the molecule is CCc1ncc(S(=O)(=O)Nc2cc(F)ccc2Cl)[nH]1. The molecular formula is C11H11ClFN3O2S. The number of nitrogens with zero attached hydrogens (tertiary/aromatic N) is 1. The molecule has 2 rings (SSSR count). The molecule has 1 heterocycles. The molecule has 0 saturated heterocycles. The largest absolute Gasteiger partial charge is 0.332 e. The minimum Gasteiger partial charge on any atom is -0.332 e. The third-order valence-corrected chi connectivity index (χ3v) is 4.01. The van der Waals surface area contributed by atoms with Gasteiger partial charge < -0.3 is 4.98 Å². The van der Waals surface area contributed by atoms with Crippen LogP contribution in [0.2, 0.25) is 5.02 Å². The van der Waals surface area contributed by atoms with Gasteiger partial charge in [0.2, 0.25) is 0 Å². The van der Waals surface area contributed by atoms with Crippen LogP contribution in [0.4, 0.5) is 10.1 Å². The maximum Gasteiger partial charge on any atom is 0.279 e. The highest BCUT2D eigenvalue weighted by Crippen LogP contribution is 2.24. The number of sulfonamides is 1. The van der Waals surface area contributed by atoms with Crippen molar-refractivity contribution in [1.29, 1.82) is 0 Å². The minimum absolute atomic E-state index is 0.0192. The van der Waals surface area contributed by atoms with E-state index in [1.807, 2.05) is 6.92 Å². The molecule has 0 spiro atoms. The molecule has 0 aliphatic rings. The van der Waals surface area contributed by atoms with Gasteiger partial charge in [-0.05, 0) is 18.2 Å². The topological polar surface area (TPSA) is 74.8 Å². The summed E-state index contributed by atoms with van der Waals surface area (Å²) in [4.78, 5) is 6.56. The van der Waals surface area contributed by atoms with Crippen molar-refractivity contribution in [3.05, 3.63) is 41.1 Å². The summed E-state index contributed by atoms with van der Waals surface area (Å²) in [6.07, 6.45) is 1.78. The molecule has 0 aliphatic carbocycles. The molecule has 19 heavy (non-hydrogen) atoms. The van der Waals surface area contributed by atoms with Crippen molar-refractivity contribution in [3.63, 3.8) is 0 Å². The fraction of sp³-hybridized carbons (Fsp3) is 0.182. The third kappa shape index (κ3) is 3.05. The van der Waals surface area contributed by atoms with Crippen molar-refractivity contribution in [1.82, 2.24) is 9.97 Å². The van der Waals surface area contributed by atoms with Crippen LogP contribution >= 0.6 is 11.6 Å². The van der Waals surface area contributed by atoms with Gasteiger partial charge in [0.15, 0.2) is 5.03 Å². The van der Waals surface area contributed by atoms with Crippen molar-refractivity contribution in [2.45, 2.75) is 18.4 Å². The van der Waals surface area contributed by atoms with E-state index in [0.29, 0.717) is 12.2 Å². The predicted molar refractivity (Wildman–Crippen MR) is 70.2 cm³/mol. The van der Waals surface area contributed by atoms with Gasteiger partial charge in [0.05, 0.1) is 16.9 Å². The normalized spacial score (nSPS) is 11.5. The van der Waals surface area contributed by atoms with Crippen LogP contribution in [0.5, 0.6) is 0 Å². The average Bonchev–Trinajstić information content (AvgIpc) is 2.83. The fourth-order valence-electron chi connectivity index (χ4n) is 1.43. The molecule has 0 unspecified atom stereocenters. The molecule has 0 aliphatic heterocycles. The molecule has 102 valence electrons. The molecule has 5 nitrogen and oxygen atoms in total. The first-order valence-corrected chi connectivity index (χ1v) is 7.30. The van der Waals surface area contributed by atoms with Gasteiger partial charge >= 0.3 is 0 Å². The van der Waals surface area contributed by atoms with E-state index in [4.69, 9.17) is 11.6 Å². The predicted octanol–water partition coefficient (Wildman–Crippen LogP) is 2.57. The number of halogens is 2. The van der Waals surface area contributed by atoms with Crippen LogP contribution in [0.15, 0.2) is 29.4 Å². The van der Waals surface area contributed by atoms with Gasteiger partial charge in [-0.1, -0.05) is 18.5 Å². The quantitative estimate of drug-likeness (QED) is 0.911. The number of hydrogen-bond donors (Lipinski definition) is 2. The van der Waals surface area contributed by atoms with Gasteiger partial charge in [-0.3, -0.25) is 4.72 Å². The van der Waals surface area contributed by atoms with Crippen LogP contribution in [0, 0.1) is 5.82 Å². The highest BCUT2D eigenvalue weighted by Gasteiger charge is 2.18. The van der Waals surface area contributed by atoms with Crippen LogP contribution in [0.3, 0.4) is 0 Å². The van der Waals surface area contributed by atoms with Crippen LogP contribution in [0.1, 0.15) is 12.7 Å². The molecule has 1 aromatic heterocycles. The van der Waals surface area contributed by atoms with Crippen molar-refractivity contribution in [2.75, 3.05) is 4.72 Å². The number of nitrogens with one attached hydrogen (secondary N) is 2. The summed E-state index contributed by atoms with van der Waals surface area (Å²) in [5, 5.41) is 0.0184. The van der Waals surface area contributed by atoms with Crippen molar-refractivity contribution >= 4 is 27.3 Å². The number of rotatable bonds is 4.